The summed E-state index contributed by atoms with van der Waals surface area (Å²) in [6.45, 7) is 5.41. The van der Waals surface area contributed by atoms with E-state index in [0.29, 0.717) is 29.8 Å². The number of halogens is 1. The summed E-state index contributed by atoms with van der Waals surface area (Å²) in [5.74, 6) is -0.153. The smallest absolute Gasteiger partial charge is 0.435 e. The van der Waals surface area contributed by atoms with E-state index in [2.05, 4.69) is 5.10 Å². The number of aromatic nitrogens is 2. The molecule has 0 radical (unpaired) electrons. The van der Waals surface area contributed by atoms with E-state index < -0.39 is 11.7 Å². The highest BCUT2D eigenvalue weighted by Crippen LogP contribution is 2.31. The highest BCUT2D eigenvalue weighted by molar-refractivity contribution is 5.69. The number of carbonyl (C=O) groups excluding carboxylic acids is 2. The molecule has 3 rings (SSSR count). The second-order valence-electron chi connectivity index (χ2n) is 7.37. The second-order valence-corrected chi connectivity index (χ2v) is 7.37. The van der Waals surface area contributed by atoms with Crippen molar-refractivity contribution in [1.29, 1.82) is 0 Å². The maximum Gasteiger partial charge on any atom is 0.435 e. The van der Waals surface area contributed by atoms with Gasteiger partial charge in [-0.3, -0.25) is 0 Å². The Labute approximate surface area is 150 Å². The van der Waals surface area contributed by atoms with Gasteiger partial charge in [-0.15, -0.1) is 0 Å². The first-order valence-electron chi connectivity index (χ1n) is 8.42. The van der Waals surface area contributed by atoms with Crippen molar-refractivity contribution in [1.82, 2.24) is 9.78 Å². The average molecular weight is 360 g/mol. The number of ether oxygens (including phenoxy) is 2. The lowest BCUT2D eigenvalue weighted by atomic mass is 10.1. The van der Waals surface area contributed by atoms with Crippen molar-refractivity contribution in [3.05, 3.63) is 47.0 Å². The number of benzene rings is 1. The molecule has 0 spiro atoms. The van der Waals surface area contributed by atoms with Crippen molar-refractivity contribution in [2.75, 3.05) is 0 Å². The third-order valence-electron chi connectivity index (χ3n) is 4.01. The van der Waals surface area contributed by atoms with Gasteiger partial charge in [-0.25, -0.2) is 9.18 Å². The summed E-state index contributed by atoms with van der Waals surface area (Å²) in [5.41, 5.74) is 1.30. The van der Waals surface area contributed by atoms with Crippen LogP contribution in [0.25, 0.3) is 0 Å². The molecular weight excluding hydrogens is 339 g/mol. The van der Waals surface area contributed by atoms with Gasteiger partial charge in [0.2, 0.25) is 0 Å². The molecule has 1 aromatic heterocycles. The molecule has 0 amide bonds. The minimum atomic E-state index is -0.610. The van der Waals surface area contributed by atoms with Crippen LogP contribution in [0.15, 0.2) is 24.4 Å². The number of hydrogen-bond donors (Lipinski definition) is 0. The number of rotatable bonds is 4. The summed E-state index contributed by atoms with van der Waals surface area (Å²) in [5, 5.41) is 4.11. The van der Waals surface area contributed by atoms with Crippen LogP contribution in [0.4, 0.5) is 9.18 Å². The molecule has 1 aliphatic rings. The molecule has 1 heterocycles. The van der Waals surface area contributed by atoms with Gasteiger partial charge < -0.3 is 14.3 Å². The predicted octanol–water partition coefficient (Wildman–Crippen LogP) is 3.30. The largest absolute Gasteiger partial charge is 0.487 e. The summed E-state index contributed by atoms with van der Waals surface area (Å²) < 4.78 is 26.1. The van der Waals surface area contributed by atoms with Gasteiger partial charge in [-0.2, -0.15) is 9.78 Å². The van der Waals surface area contributed by atoms with E-state index in [4.69, 9.17) is 9.47 Å². The first-order chi connectivity index (χ1) is 12.2. The molecule has 1 aromatic carbocycles. The zero-order valence-electron chi connectivity index (χ0n) is 15.0. The Hall–Kier alpha value is -2.70. The highest BCUT2D eigenvalue weighted by Gasteiger charge is 2.25. The third-order valence-corrected chi connectivity index (χ3v) is 4.01. The van der Waals surface area contributed by atoms with Gasteiger partial charge in [0.05, 0.1) is 0 Å². The Balaban J connectivity index is 1.65. The van der Waals surface area contributed by atoms with Gasteiger partial charge in [0.15, 0.2) is 0 Å². The number of aldehydes is 1. The van der Waals surface area contributed by atoms with Gasteiger partial charge >= 0.3 is 6.09 Å². The summed E-state index contributed by atoms with van der Waals surface area (Å²) in [4.78, 5) is 22.9. The maximum absolute atomic E-state index is 14.2. The molecule has 0 N–H and O–H groups in total. The fourth-order valence-corrected chi connectivity index (χ4v) is 2.88. The average Bonchev–Trinajstić information content (AvgIpc) is 3.18. The van der Waals surface area contributed by atoms with Crippen molar-refractivity contribution in [2.24, 2.45) is 5.92 Å². The Morgan fingerprint density at radius 3 is 2.85 bits per heavy atom. The molecule has 0 saturated carbocycles. The first kappa shape index (κ1) is 18.1. The van der Waals surface area contributed by atoms with Gasteiger partial charge in [0.25, 0.3) is 0 Å². The fourth-order valence-electron chi connectivity index (χ4n) is 2.88. The quantitative estimate of drug-likeness (QED) is 0.783. The maximum atomic E-state index is 14.2. The van der Waals surface area contributed by atoms with Crippen LogP contribution in [0.3, 0.4) is 0 Å². The molecule has 0 aliphatic heterocycles. The first-order valence-corrected chi connectivity index (χ1v) is 8.42. The number of carbonyl (C=O) groups is 2. The molecule has 1 aliphatic carbocycles. The molecule has 1 unspecified atom stereocenters. The Morgan fingerprint density at radius 1 is 1.38 bits per heavy atom. The Morgan fingerprint density at radius 2 is 2.15 bits per heavy atom. The highest BCUT2D eigenvalue weighted by atomic mass is 19.1. The standard InChI is InChI=1S/C19H21FN2O4/c1-19(2,3)26-18(24)22-5-4-14(21-22)11-25-15-8-13-6-12(10-23)7-16(13)17(20)9-15/h4-5,8-10,12H,6-7,11H2,1-3H3. The lowest BCUT2D eigenvalue weighted by Gasteiger charge is -2.18. The van der Waals surface area contributed by atoms with E-state index in [1.165, 1.54) is 12.3 Å². The van der Waals surface area contributed by atoms with Crippen molar-refractivity contribution >= 4 is 12.4 Å². The second kappa shape index (κ2) is 6.90. The minimum Gasteiger partial charge on any atom is -0.487 e. The van der Waals surface area contributed by atoms with Crippen LogP contribution in [0.2, 0.25) is 0 Å². The molecule has 0 fully saturated rings. The monoisotopic (exact) mass is 360 g/mol. The Kier molecular flexibility index (Phi) is 4.80. The van der Waals surface area contributed by atoms with Gasteiger partial charge in [-0.05, 0) is 56.9 Å². The molecule has 2 aromatic rings. The van der Waals surface area contributed by atoms with Crippen molar-refractivity contribution in [2.45, 2.75) is 45.8 Å². The zero-order valence-corrected chi connectivity index (χ0v) is 15.0. The van der Waals surface area contributed by atoms with Crippen LogP contribution in [-0.4, -0.2) is 27.8 Å². The zero-order chi connectivity index (χ0) is 18.9. The lowest BCUT2D eigenvalue weighted by molar-refractivity contribution is -0.110. The Bertz CT molecular complexity index is 839. The van der Waals surface area contributed by atoms with Crippen molar-refractivity contribution in [3.63, 3.8) is 0 Å². The van der Waals surface area contributed by atoms with Gasteiger partial charge in [0, 0.05) is 18.2 Å². The normalized spacial score (nSPS) is 16.2. The summed E-state index contributed by atoms with van der Waals surface area (Å²) in [6.07, 6.45) is 2.74. The van der Waals surface area contributed by atoms with Crippen LogP contribution in [0, 0.1) is 11.7 Å². The molecule has 138 valence electrons. The van der Waals surface area contributed by atoms with Crippen LogP contribution in [-0.2, 0) is 29.0 Å². The van der Waals surface area contributed by atoms with E-state index in [1.807, 2.05) is 0 Å². The minimum absolute atomic E-state index is 0.0884. The number of fused-ring (bicyclic) bond motifs is 1. The summed E-state index contributed by atoms with van der Waals surface area (Å²) in [7, 11) is 0. The van der Waals surface area contributed by atoms with E-state index >= 15 is 0 Å². The van der Waals surface area contributed by atoms with Crippen molar-refractivity contribution in [3.8, 4) is 5.75 Å². The van der Waals surface area contributed by atoms with E-state index in [0.717, 1.165) is 16.5 Å². The molecular formula is C19H21FN2O4. The van der Waals surface area contributed by atoms with Crippen LogP contribution in [0.5, 0.6) is 5.75 Å². The van der Waals surface area contributed by atoms with Crippen molar-refractivity contribution < 1.29 is 23.5 Å². The molecule has 0 saturated heterocycles. The van der Waals surface area contributed by atoms with Crippen LogP contribution < -0.4 is 4.74 Å². The van der Waals surface area contributed by atoms with E-state index in [9.17, 15) is 14.0 Å². The molecule has 1 atom stereocenters. The fraction of sp³-hybridized carbons (Fsp3) is 0.421. The summed E-state index contributed by atoms with van der Waals surface area (Å²) >= 11 is 0. The number of hydrogen-bond acceptors (Lipinski definition) is 5. The topological polar surface area (TPSA) is 70.4 Å². The van der Waals surface area contributed by atoms with E-state index in [-0.39, 0.29) is 18.3 Å². The van der Waals surface area contributed by atoms with Crippen LogP contribution >= 0.6 is 0 Å². The summed E-state index contributed by atoms with van der Waals surface area (Å²) in [6, 6.07) is 4.71. The van der Waals surface area contributed by atoms with Crippen LogP contribution in [0.1, 0.15) is 37.6 Å². The number of nitrogens with zero attached hydrogens (tertiary/aromatic N) is 2. The van der Waals surface area contributed by atoms with E-state index in [1.54, 1.807) is 32.9 Å². The van der Waals surface area contributed by atoms with Gasteiger partial charge in [-0.1, -0.05) is 0 Å². The molecule has 7 heteroatoms. The third kappa shape index (κ3) is 4.09. The molecule has 26 heavy (non-hydrogen) atoms. The lowest BCUT2D eigenvalue weighted by Crippen LogP contribution is -2.27. The van der Waals surface area contributed by atoms with Gasteiger partial charge in [0.1, 0.15) is 35.8 Å². The predicted molar refractivity (Wildman–Crippen MR) is 91.6 cm³/mol. The molecule has 6 nitrogen and oxygen atoms in total. The SMILES string of the molecule is CC(C)(C)OC(=O)n1ccc(COc2cc(F)c3c(c2)CC(C=O)C3)n1. The molecule has 0 bridgehead atoms.